The fourth-order valence-corrected chi connectivity index (χ4v) is 8.04. The molecule has 4 bridgehead atoms. The molecule has 1 N–H and O–H groups in total. The van der Waals surface area contributed by atoms with Crippen LogP contribution in [-0.4, -0.2) is 34.4 Å². The lowest BCUT2D eigenvalue weighted by Crippen LogP contribution is -2.57. The molecule has 5 fully saturated rings. The predicted octanol–water partition coefficient (Wildman–Crippen LogP) is 5.59. The van der Waals surface area contributed by atoms with Crippen LogP contribution in [0.1, 0.15) is 44.1 Å². The van der Waals surface area contributed by atoms with Gasteiger partial charge in [0.25, 0.3) is 5.91 Å². The highest BCUT2D eigenvalue weighted by molar-refractivity contribution is 8.26. The monoisotopic (exact) mass is 534 g/mol. The second-order valence-corrected chi connectivity index (χ2v) is 12.4. The summed E-state index contributed by atoms with van der Waals surface area (Å²) in [6.07, 6.45) is 8.38. The Hall–Kier alpha value is -2.84. The number of amides is 2. The molecule has 5 aliphatic rings. The van der Waals surface area contributed by atoms with Crippen molar-refractivity contribution in [1.82, 2.24) is 10.4 Å². The van der Waals surface area contributed by atoms with Crippen molar-refractivity contribution < 1.29 is 19.1 Å². The van der Waals surface area contributed by atoms with E-state index in [0.717, 1.165) is 30.6 Å². The van der Waals surface area contributed by atoms with E-state index in [0.29, 0.717) is 45.9 Å². The molecule has 1 aliphatic heterocycles. The molecule has 2 aromatic carbocycles. The SMILES string of the molecule is O=C1/C(=C\c2ccccc2OCCOc2ccccc2)SC(=S)N1NC(=O)C12CC3CC(CC(C3)C1)C2. The van der Waals surface area contributed by atoms with E-state index >= 15 is 0 Å². The van der Waals surface area contributed by atoms with Crippen LogP contribution in [0.3, 0.4) is 0 Å². The first-order valence-corrected chi connectivity index (χ1v) is 14.2. The summed E-state index contributed by atoms with van der Waals surface area (Å²) in [7, 11) is 0. The van der Waals surface area contributed by atoms with Crippen LogP contribution in [0.5, 0.6) is 11.5 Å². The molecule has 7 rings (SSSR count). The summed E-state index contributed by atoms with van der Waals surface area (Å²) in [5, 5.41) is 1.27. The molecule has 0 radical (unpaired) electrons. The van der Waals surface area contributed by atoms with Crippen molar-refractivity contribution in [3.8, 4) is 11.5 Å². The molecule has 4 aliphatic carbocycles. The molecule has 2 aromatic rings. The third-order valence-electron chi connectivity index (χ3n) is 8.09. The number of nitrogens with zero attached hydrogens (tertiary/aromatic N) is 1. The Labute approximate surface area is 226 Å². The summed E-state index contributed by atoms with van der Waals surface area (Å²) in [5.41, 5.74) is 3.35. The number of thioether (sulfide) groups is 1. The number of carbonyl (C=O) groups is 2. The molecule has 37 heavy (non-hydrogen) atoms. The molecule has 1 saturated heterocycles. The molecule has 0 aromatic heterocycles. The number of rotatable bonds is 8. The lowest BCUT2D eigenvalue weighted by atomic mass is 9.49. The first-order valence-electron chi connectivity index (χ1n) is 13.0. The largest absolute Gasteiger partial charge is 0.490 e. The molecule has 4 saturated carbocycles. The van der Waals surface area contributed by atoms with Gasteiger partial charge in [-0.25, -0.2) is 0 Å². The van der Waals surface area contributed by atoms with Gasteiger partial charge < -0.3 is 9.47 Å². The van der Waals surface area contributed by atoms with Crippen molar-refractivity contribution in [3.63, 3.8) is 0 Å². The highest BCUT2D eigenvalue weighted by Crippen LogP contribution is 2.60. The molecular formula is C29H30N2O4S2. The Kier molecular flexibility index (Phi) is 6.71. The number of ether oxygens (including phenoxy) is 2. The molecule has 0 atom stereocenters. The average molecular weight is 535 g/mol. The van der Waals surface area contributed by atoms with Gasteiger partial charge in [-0.15, -0.1) is 0 Å². The van der Waals surface area contributed by atoms with Gasteiger partial charge in [-0.2, -0.15) is 5.01 Å². The number of carbonyl (C=O) groups excluding carboxylic acids is 2. The highest BCUT2D eigenvalue weighted by atomic mass is 32.2. The van der Waals surface area contributed by atoms with Gasteiger partial charge in [-0.1, -0.05) is 48.2 Å². The van der Waals surface area contributed by atoms with E-state index in [1.165, 1.54) is 36.0 Å². The third kappa shape index (κ3) is 5.01. The normalized spacial score (nSPS) is 29.1. The van der Waals surface area contributed by atoms with Crippen LogP contribution in [0.15, 0.2) is 59.5 Å². The summed E-state index contributed by atoms with van der Waals surface area (Å²) < 4.78 is 12.0. The van der Waals surface area contributed by atoms with Gasteiger partial charge in [0.1, 0.15) is 24.7 Å². The zero-order chi connectivity index (χ0) is 25.4. The Morgan fingerprint density at radius 3 is 2.30 bits per heavy atom. The van der Waals surface area contributed by atoms with Crippen LogP contribution in [0, 0.1) is 23.2 Å². The highest BCUT2D eigenvalue weighted by Gasteiger charge is 2.55. The minimum absolute atomic E-state index is 0.0358. The summed E-state index contributed by atoms with van der Waals surface area (Å²) in [6.45, 7) is 0.763. The molecule has 2 amide bonds. The number of benzene rings is 2. The fraction of sp³-hybridized carbons (Fsp3) is 0.414. The van der Waals surface area contributed by atoms with Gasteiger partial charge in [-0.3, -0.25) is 15.0 Å². The number of hydrogen-bond donors (Lipinski definition) is 1. The number of hydrogen-bond acceptors (Lipinski definition) is 6. The minimum atomic E-state index is -0.343. The molecule has 6 nitrogen and oxygen atoms in total. The van der Waals surface area contributed by atoms with Crippen molar-refractivity contribution in [3.05, 3.63) is 65.1 Å². The van der Waals surface area contributed by atoms with Gasteiger partial charge in [0.15, 0.2) is 4.32 Å². The van der Waals surface area contributed by atoms with Crippen LogP contribution in [0.4, 0.5) is 0 Å². The molecule has 8 heteroatoms. The van der Waals surface area contributed by atoms with E-state index in [9.17, 15) is 9.59 Å². The van der Waals surface area contributed by atoms with Crippen molar-refractivity contribution in [1.29, 1.82) is 0 Å². The van der Waals surface area contributed by atoms with Gasteiger partial charge >= 0.3 is 0 Å². The quantitative estimate of drug-likeness (QED) is 0.270. The minimum Gasteiger partial charge on any atom is -0.490 e. The molecule has 0 unspecified atom stereocenters. The standard InChI is InChI=1S/C29H30N2O4S2/c32-26-25(15-22-6-4-5-9-24(22)35-11-10-34-23-7-2-1-3-8-23)37-28(36)31(26)30-27(33)29-16-19-12-20(17-29)14-21(13-19)18-29/h1-9,15,19-21H,10-14,16-18H2,(H,30,33)/b25-15+. The zero-order valence-electron chi connectivity index (χ0n) is 20.6. The van der Waals surface area contributed by atoms with Crippen LogP contribution in [0.2, 0.25) is 0 Å². The van der Waals surface area contributed by atoms with Crippen LogP contribution in [-0.2, 0) is 9.59 Å². The average Bonchev–Trinajstić information content (AvgIpc) is 3.14. The van der Waals surface area contributed by atoms with Gasteiger partial charge in [0.2, 0.25) is 5.91 Å². The lowest BCUT2D eigenvalue weighted by Gasteiger charge is -2.55. The Morgan fingerprint density at radius 1 is 0.973 bits per heavy atom. The first kappa shape index (κ1) is 24.5. The summed E-state index contributed by atoms with van der Waals surface area (Å²) >= 11 is 6.71. The molecule has 1 heterocycles. The summed E-state index contributed by atoms with van der Waals surface area (Å²) in [5.74, 6) is 3.07. The van der Waals surface area contributed by atoms with Crippen LogP contribution >= 0.6 is 24.0 Å². The number of hydrazine groups is 1. The van der Waals surface area contributed by atoms with E-state index in [1.54, 1.807) is 6.08 Å². The van der Waals surface area contributed by atoms with Gasteiger partial charge in [-0.05, 0) is 92.8 Å². The van der Waals surface area contributed by atoms with E-state index in [4.69, 9.17) is 21.7 Å². The van der Waals surface area contributed by atoms with Crippen molar-refractivity contribution in [2.45, 2.75) is 38.5 Å². The zero-order valence-corrected chi connectivity index (χ0v) is 22.2. The second kappa shape index (κ2) is 10.1. The lowest BCUT2D eigenvalue weighted by molar-refractivity contribution is -0.152. The Bertz CT molecular complexity index is 1210. The van der Waals surface area contributed by atoms with E-state index in [-0.39, 0.29) is 17.2 Å². The molecular weight excluding hydrogens is 504 g/mol. The second-order valence-electron chi connectivity index (χ2n) is 10.7. The Morgan fingerprint density at radius 2 is 1.59 bits per heavy atom. The van der Waals surface area contributed by atoms with Crippen molar-refractivity contribution in [2.24, 2.45) is 23.2 Å². The van der Waals surface area contributed by atoms with Gasteiger partial charge in [0, 0.05) is 5.56 Å². The van der Waals surface area contributed by atoms with Crippen LogP contribution < -0.4 is 14.9 Å². The van der Waals surface area contributed by atoms with Crippen molar-refractivity contribution >= 4 is 46.2 Å². The summed E-state index contributed by atoms with van der Waals surface area (Å²) in [6, 6.07) is 17.1. The topological polar surface area (TPSA) is 67.9 Å². The number of para-hydroxylation sites is 2. The summed E-state index contributed by atoms with van der Waals surface area (Å²) in [4.78, 5) is 27.2. The molecule has 192 valence electrons. The number of nitrogens with one attached hydrogen (secondary N) is 1. The van der Waals surface area contributed by atoms with Gasteiger partial charge in [0.05, 0.1) is 10.3 Å². The van der Waals surface area contributed by atoms with Crippen LogP contribution in [0.25, 0.3) is 6.08 Å². The van der Waals surface area contributed by atoms with E-state index in [1.807, 2.05) is 54.6 Å². The maximum absolute atomic E-state index is 13.5. The van der Waals surface area contributed by atoms with Crippen molar-refractivity contribution in [2.75, 3.05) is 13.2 Å². The fourth-order valence-electron chi connectivity index (χ4n) is 6.87. The Balaban J connectivity index is 1.11. The smallest absolute Gasteiger partial charge is 0.285 e. The van der Waals surface area contributed by atoms with E-state index in [2.05, 4.69) is 5.43 Å². The first-order chi connectivity index (χ1) is 18.0. The predicted molar refractivity (Wildman–Crippen MR) is 148 cm³/mol. The molecule has 0 spiro atoms. The van der Waals surface area contributed by atoms with E-state index < -0.39 is 0 Å². The maximum Gasteiger partial charge on any atom is 0.285 e. The number of thiocarbonyl (C=S) groups is 1. The third-order valence-corrected chi connectivity index (χ3v) is 9.39. The maximum atomic E-state index is 13.5.